The van der Waals surface area contributed by atoms with Crippen molar-refractivity contribution in [2.75, 3.05) is 20.1 Å². The minimum Gasteiger partial charge on any atom is -0.506 e. The third-order valence-corrected chi connectivity index (χ3v) is 3.72. The lowest BCUT2D eigenvalue weighted by molar-refractivity contribution is -0.118. The second-order valence-electron chi connectivity index (χ2n) is 5.69. The SMILES string of the molecule is C=N/C(C)=C\N(C)CCCN(C=O)Cc1c(CO)cnc(C)c1O.CC. The molecule has 0 aliphatic rings. The van der Waals surface area contributed by atoms with E-state index in [1.54, 1.807) is 11.8 Å². The zero-order chi connectivity index (χ0) is 20.1. The van der Waals surface area contributed by atoms with E-state index >= 15 is 0 Å². The Morgan fingerprint density at radius 1 is 1.38 bits per heavy atom. The highest BCUT2D eigenvalue weighted by atomic mass is 16.3. The first-order valence-corrected chi connectivity index (χ1v) is 8.74. The molecule has 26 heavy (non-hydrogen) atoms. The van der Waals surface area contributed by atoms with Gasteiger partial charge in [-0.05, 0) is 27.0 Å². The lowest BCUT2D eigenvalue weighted by atomic mass is 10.1. The Hall–Kier alpha value is -2.41. The molecule has 1 amide bonds. The number of hydrogen-bond acceptors (Lipinski definition) is 6. The van der Waals surface area contributed by atoms with Gasteiger partial charge in [-0.3, -0.25) is 14.8 Å². The van der Waals surface area contributed by atoms with Crippen molar-refractivity contribution in [3.8, 4) is 5.75 Å². The number of rotatable bonds is 10. The Kier molecular flexibility index (Phi) is 11.7. The van der Waals surface area contributed by atoms with Crippen LogP contribution in [0.1, 0.15) is 44.0 Å². The van der Waals surface area contributed by atoms with Gasteiger partial charge in [-0.15, -0.1) is 0 Å². The highest BCUT2D eigenvalue weighted by Gasteiger charge is 2.14. The van der Waals surface area contributed by atoms with Crippen molar-refractivity contribution in [1.82, 2.24) is 14.8 Å². The summed E-state index contributed by atoms with van der Waals surface area (Å²) in [5, 5.41) is 19.5. The van der Waals surface area contributed by atoms with Crippen LogP contribution < -0.4 is 0 Å². The Morgan fingerprint density at radius 3 is 2.58 bits per heavy atom. The summed E-state index contributed by atoms with van der Waals surface area (Å²) < 4.78 is 0. The molecule has 7 nitrogen and oxygen atoms in total. The molecule has 0 aliphatic carbocycles. The van der Waals surface area contributed by atoms with Crippen molar-refractivity contribution in [3.05, 3.63) is 34.9 Å². The number of aliphatic hydroxyl groups excluding tert-OH is 1. The molecule has 0 unspecified atom stereocenters. The van der Waals surface area contributed by atoms with E-state index in [-0.39, 0.29) is 18.9 Å². The van der Waals surface area contributed by atoms with Gasteiger partial charge < -0.3 is 20.0 Å². The highest BCUT2D eigenvalue weighted by Crippen LogP contribution is 2.25. The number of aryl methyl sites for hydroxylation is 1. The largest absolute Gasteiger partial charge is 0.506 e. The highest BCUT2D eigenvalue weighted by molar-refractivity contribution is 5.49. The van der Waals surface area contributed by atoms with Gasteiger partial charge in [0.1, 0.15) is 5.75 Å². The molecule has 0 spiro atoms. The molecule has 1 aromatic rings. The average molecular weight is 364 g/mol. The zero-order valence-corrected chi connectivity index (χ0v) is 16.6. The summed E-state index contributed by atoms with van der Waals surface area (Å²) in [6, 6.07) is 0. The molecule has 1 heterocycles. The third kappa shape index (κ3) is 7.65. The number of aromatic nitrogens is 1. The van der Waals surface area contributed by atoms with Gasteiger partial charge in [0.2, 0.25) is 6.41 Å². The first-order chi connectivity index (χ1) is 12.4. The van der Waals surface area contributed by atoms with Crippen LogP contribution in [0.15, 0.2) is 23.1 Å². The first-order valence-electron chi connectivity index (χ1n) is 8.74. The fourth-order valence-electron chi connectivity index (χ4n) is 2.32. The molecule has 0 radical (unpaired) electrons. The van der Waals surface area contributed by atoms with E-state index in [1.165, 1.54) is 6.20 Å². The zero-order valence-electron chi connectivity index (χ0n) is 16.6. The Labute approximate surface area is 156 Å². The number of hydrogen-bond donors (Lipinski definition) is 2. The van der Waals surface area contributed by atoms with E-state index in [9.17, 15) is 15.0 Å². The summed E-state index contributed by atoms with van der Waals surface area (Å²) in [5.41, 5.74) is 2.37. The van der Waals surface area contributed by atoms with Crippen molar-refractivity contribution in [2.24, 2.45) is 4.99 Å². The Bertz CT molecular complexity index is 603. The molecule has 2 N–H and O–H groups in total. The molecular formula is C19H32N4O3. The van der Waals surface area contributed by atoms with Crippen molar-refractivity contribution >= 4 is 13.1 Å². The molecule has 0 aromatic carbocycles. The molecule has 0 aliphatic heterocycles. The van der Waals surface area contributed by atoms with Crippen LogP contribution in [0.2, 0.25) is 0 Å². The van der Waals surface area contributed by atoms with Crippen molar-refractivity contribution in [1.29, 1.82) is 0 Å². The molecule has 146 valence electrons. The van der Waals surface area contributed by atoms with Crippen LogP contribution in [-0.2, 0) is 17.9 Å². The van der Waals surface area contributed by atoms with E-state index in [1.807, 2.05) is 38.9 Å². The predicted octanol–water partition coefficient (Wildman–Crippen LogP) is 2.46. The van der Waals surface area contributed by atoms with E-state index in [0.29, 0.717) is 23.4 Å². The van der Waals surface area contributed by atoms with E-state index in [4.69, 9.17) is 0 Å². The van der Waals surface area contributed by atoms with Crippen LogP contribution >= 0.6 is 0 Å². The first kappa shape index (κ1) is 23.6. The second kappa shape index (κ2) is 12.9. The van der Waals surface area contributed by atoms with Crippen molar-refractivity contribution < 1.29 is 15.0 Å². The number of nitrogens with zero attached hydrogens (tertiary/aromatic N) is 4. The van der Waals surface area contributed by atoms with Gasteiger partial charge in [-0.1, -0.05) is 13.8 Å². The summed E-state index contributed by atoms with van der Waals surface area (Å²) in [4.78, 5) is 22.7. The van der Waals surface area contributed by atoms with Gasteiger partial charge in [-0.25, -0.2) is 0 Å². The van der Waals surface area contributed by atoms with E-state index in [2.05, 4.69) is 16.7 Å². The van der Waals surface area contributed by atoms with Crippen molar-refractivity contribution in [3.63, 3.8) is 0 Å². The fraction of sp³-hybridized carbons (Fsp3) is 0.526. The average Bonchev–Trinajstić information content (AvgIpc) is 2.65. The second-order valence-corrected chi connectivity index (χ2v) is 5.69. The molecular weight excluding hydrogens is 332 g/mol. The molecule has 0 saturated carbocycles. The molecule has 0 fully saturated rings. The predicted molar refractivity (Wildman–Crippen MR) is 105 cm³/mol. The van der Waals surface area contributed by atoms with Crippen LogP contribution in [0.4, 0.5) is 0 Å². The summed E-state index contributed by atoms with van der Waals surface area (Å²) in [6.45, 7) is 12.3. The quantitative estimate of drug-likeness (QED) is 0.492. The minimum atomic E-state index is -0.232. The van der Waals surface area contributed by atoms with Crippen LogP contribution in [0.5, 0.6) is 5.75 Å². The van der Waals surface area contributed by atoms with Gasteiger partial charge in [0.15, 0.2) is 0 Å². The maximum Gasteiger partial charge on any atom is 0.210 e. The third-order valence-electron chi connectivity index (χ3n) is 3.72. The Balaban J connectivity index is 0.00000301. The standard InChI is InChI=1S/C17H26N4O3.C2H6/c1-13(18-3)9-20(4)6-5-7-21(12-23)10-16-15(11-22)8-19-14(2)17(16)24;1-2/h8-9,12,22,24H,3,5-7,10-11H2,1-2,4H3;1-2H3/b13-9-;. The number of pyridine rings is 1. The van der Waals surface area contributed by atoms with Gasteiger partial charge >= 0.3 is 0 Å². The lowest BCUT2D eigenvalue weighted by Crippen LogP contribution is -2.26. The summed E-state index contributed by atoms with van der Waals surface area (Å²) >= 11 is 0. The summed E-state index contributed by atoms with van der Waals surface area (Å²) in [6.07, 6.45) is 4.93. The summed E-state index contributed by atoms with van der Waals surface area (Å²) in [5.74, 6) is 0.0288. The summed E-state index contributed by atoms with van der Waals surface area (Å²) in [7, 11) is 1.93. The number of aliphatic imine (C=N–C) groups is 1. The van der Waals surface area contributed by atoms with E-state index < -0.39 is 0 Å². The maximum atomic E-state index is 11.3. The monoisotopic (exact) mass is 364 g/mol. The van der Waals surface area contributed by atoms with E-state index in [0.717, 1.165) is 25.1 Å². The molecule has 1 aromatic heterocycles. The molecule has 0 atom stereocenters. The number of carbonyl (C=O) groups excluding carboxylic acids is 1. The van der Waals surface area contributed by atoms with Crippen LogP contribution in [0.3, 0.4) is 0 Å². The molecule has 7 heteroatoms. The van der Waals surface area contributed by atoms with Crippen LogP contribution in [0.25, 0.3) is 0 Å². The molecule has 0 saturated heterocycles. The van der Waals surface area contributed by atoms with Crippen LogP contribution in [0, 0.1) is 6.92 Å². The topological polar surface area (TPSA) is 89.3 Å². The number of aromatic hydroxyl groups is 1. The molecule has 0 bridgehead atoms. The van der Waals surface area contributed by atoms with Gasteiger partial charge in [0.25, 0.3) is 0 Å². The fourth-order valence-corrected chi connectivity index (χ4v) is 2.32. The Morgan fingerprint density at radius 2 is 2.04 bits per heavy atom. The minimum absolute atomic E-state index is 0.0288. The van der Waals surface area contributed by atoms with Gasteiger partial charge in [-0.2, -0.15) is 0 Å². The lowest BCUT2D eigenvalue weighted by Gasteiger charge is -2.22. The van der Waals surface area contributed by atoms with Crippen molar-refractivity contribution in [2.45, 2.75) is 47.3 Å². The van der Waals surface area contributed by atoms with Gasteiger partial charge in [0.05, 0.1) is 18.0 Å². The number of allylic oxidation sites excluding steroid dienone is 1. The molecule has 1 rings (SSSR count). The number of carbonyl (C=O) groups is 1. The van der Waals surface area contributed by atoms with Crippen LogP contribution in [-0.4, -0.2) is 58.3 Å². The normalized spacial score (nSPS) is 10.6. The number of aliphatic hydroxyl groups is 1. The number of amides is 1. The maximum absolute atomic E-state index is 11.3. The smallest absolute Gasteiger partial charge is 0.210 e. The van der Waals surface area contributed by atoms with Gasteiger partial charge in [0, 0.05) is 50.2 Å².